The van der Waals surface area contributed by atoms with Crippen LogP contribution >= 0.6 is 23.4 Å². The predicted octanol–water partition coefficient (Wildman–Crippen LogP) is 3.03. The van der Waals surface area contributed by atoms with Gasteiger partial charge in [-0.3, -0.25) is 4.79 Å². The van der Waals surface area contributed by atoms with Crippen molar-refractivity contribution in [3.05, 3.63) is 35.4 Å². The second kappa shape index (κ2) is 5.67. The van der Waals surface area contributed by atoms with Gasteiger partial charge in [0.2, 0.25) is 5.91 Å². The van der Waals surface area contributed by atoms with Gasteiger partial charge >= 0.3 is 5.97 Å². The van der Waals surface area contributed by atoms with E-state index in [-0.39, 0.29) is 22.8 Å². The molecule has 0 bridgehead atoms. The highest BCUT2D eigenvalue weighted by Gasteiger charge is 2.23. The third-order valence-corrected chi connectivity index (χ3v) is 3.79. The Morgan fingerprint density at radius 2 is 2.32 bits per heavy atom. The van der Waals surface area contributed by atoms with E-state index in [1.807, 2.05) is 6.92 Å². The van der Waals surface area contributed by atoms with Gasteiger partial charge in [0, 0.05) is 9.93 Å². The molecule has 1 aromatic rings. The molecule has 1 heterocycles. The van der Waals surface area contributed by atoms with Crippen molar-refractivity contribution >= 4 is 40.9 Å². The van der Waals surface area contributed by atoms with Crippen molar-refractivity contribution in [2.45, 2.75) is 17.1 Å². The van der Waals surface area contributed by atoms with Gasteiger partial charge in [-0.25, -0.2) is 4.79 Å². The lowest BCUT2D eigenvalue weighted by atomic mass is 10.2. The number of nitrogens with one attached hydrogen (secondary N) is 1. The summed E-state index contributed by atoms with van der Waals surface area (Å²) in [6, 6.07) is 5.06. The van der Waals surface area contributed by atoms with Crippen molar-refractivity contribution < 1.29 is 14.3 Å². The van der Waals surface area contributed by atoms with Crippen LogP contribution in [0.2, 0.25) is 0 Å². The number of carbonyl (C=O) groups is 2. The molecule has 0 saturated heterocycles. The molecule has 1 amide bonds. The molecule has 0 aromatic heterocycles. The first-order valence-electron chi connectivity index (χ1n) is 5.59. The summed E-state index contributed by atoms with van der Waals surface area (Å²) in [4.78, 5) is 24.3. The molecule has 2 rings (SSSR count). The SMILES string of the molecule is C=C(Cl)COC(=O)c1ccc2c(c1)NC(=O)[C@@H](C)S2. The normalized spacial score (nSPS) is 17.4. The van der Waals surface area contributed by atoms with E-state index in [2.05, 4.69) is 11.9 Å². The van der Waals surface area contributed by atoms with Gasteiger partial charge in [0.15, 0.2) is 0 Å². The van der Waals surface area contributed by atoms with Crippen LogP contribution in [0, 0.1) is 0 Å². The summed E-state index contributed by atoms with van der Waals surface area (Å²) < 4.78 is 4.94. The Balaban J connectivity index is 2.17. The predicted molar refractivity (Wildman–Crippen MR) is 75.7 cm³/mol. The number of thioether (sulfide) groups is 1. The third kappa shape index (κ3) is 3.30. The van der Waals surface area contributed by atoms with Crippen molar-refractivity contribution in [2.75, 3.05) is 11.9 Å². The molecule has 0 unspecified atom stereocenters. The molecular formula is C13H12ClNO3S. The fraction of sp³-hybridized carbons (Fsp3) is 0.231. The Morgan fingerprint density at radius 1 is 1.58 bits per heavy atom. The van der Waals surface area contributed by atoms with Crippen LogP contribution in [-0.4, -0.2) is 23.7 Å². The molecule has 1 aliphatic heterocycles. The number of halogens is 1. The summed E-state index contributed by atoms with van der Waals surface area (Å²) in [5, 5.41) is 2.88. The van der Waals surface area contributed by atoms with Crippen molar-refractivity contribution in [2.24, 2.45) is 0 Å². The van der Waals surface area contributed by atoms with Gasteiger partial charge < -0.3 is 10.1 Å². The minimum Gasteiger partial charge on any atom is -0.456 e. The largest absolute Gasteiger partial charge is 0.456 e. The second-order valence-electron chi connectivity index (χ2n) is 4.05. The summed E-state index contributed by atoms with van der Waals surface area (Å²) in [6.45, 7) is 5.24. The number of benzene rings is 1. The first-order valence-corrected chi connectivity index (χ1v) is 6.85. The van der Waals surface area contributed by atoms with Crippen LogP contribution in [0.5, 0.6) is 0 Å². The van der Waals surface area contributed by atoms with E-state index >= 15 is 0 Å². The molecule has 1 atom stereocenters. The third-order valence-electron chi connectivity index (χ3n) is 2.51. The maximum absolute atomic E-state index is 11.7. The first kappa shape index (κ1) is 14.0. The Labute approximate surface area is 120 Å². The van der Waals surface area contributed by atoms with Gasteiger partial charge in [-0.2, -0.15) is 0 Å². The maximum Gasteiger partial charge on any atom is 0.338 e. The van der Waals surface area contributed by atoms with Gasteiger partial charge in [-0.1, -0.05) is 18.2 Å². The zero-order valence-electron chi connectivity index (χ0n) is 10.2. The van der Waals surface area contributed by atoms with Crippen LogP contribution in [0.4, 0.5) is 5.69 Å². The van der Waals surface area contributed by atoms with Gasteiger partial charge in [-0.05, 0) is 25.1 Å². The van der Waals surface area contributed by atoms with Crippen LogP contribution in [0.1, 0.15) is 17.3 Å². The molecule has 0 saturated carbocycles. The Kier molecular flexibility index (Phi) is 4.17. The quantitative estimate of drug-likeness (QED) is 0.871. The topological polar surface area (TPSA) is 55.4 Å². The molecule has 19 heavy (non-hydrogen) atoms. The molecule has 1 aliphatic rings. The second-order valence-corrected chi connectivity index (χ2v) is 5.97. The number of hydrogen-bond donors (Lipinski definition) is 1. The molecule has 1 aromatic carbocycles. The lowest BCUT2D eigenvalue weighted by Gasteiger charge is -2.21. The Bertz CT molecular complexity index is 559. The summed E-state index contributed by atoms with van der Waals surface area (Å²) in [7, 11) is 0. The number of hydrogen-bond acceptors (Lipinski definition) is 4. The van der Waals surface area contributed by atoms with Crippen LogP contribution in [0.25, 0.3) is 0 Å². The number of ether oxygens (including phenoxy) is 1. The van der Waals surface area contributed by atoms with E-state index in [9.17, 15) is 9.59 Å². The molecule has 0 radical (unpaired) electrons. The fourth-order valence-electron chi connectivity index (χ4n) is 1.56. The van der Waals surface area contributed by atoms with E-state index in [0.717, 1.165) is 4.90 Å². The summed E-state index contributed by atoms with van der Waals surface area (Å²) in [5.41, 5.74) is 0.999. The van der Waals surface area contributed by atoms with E-state index in [4.69, 9.17) is 16.3 Å². The van der Waals surface area contributed by atoms with Crippen molar-refractivity contribution in [3.63, 3.8) is 0 Å². The molecule has 0 aliphatic carbocycles. The Hall–Kier alpha value is -1.46. The van der Waals surface area contributed by atoms with Crippen LogP contribution in [0.15, 0.2) is 34.7 Å². The first-order chi connectivity index (χ1) is 8.97. The number of rotatable bonds is 3. The lowest BCUT2D eigenvalue weighted by Crippen LogP contribution is -2.26. The zero-order valence-corrected chi connectivity index (χ0v) is 11.8. The lowest BCUT2D eigenvalue weighted by molar-refractivity contribution is -0.115. The molecule has 100 valence electrons. The van der Waals surface area contributed by atoms with Crippen molar-refractivity contribution in [1.82, 2.24) is 0 Å². The van der Waals surface area contributed by atoms with Crippen molar-refractivity contribution in [1.29, 1.82) is 0 Å². The average Bonchev–Trinajstić information content (AvgIpc) is 2.36. The maximum atomic E-state index is 11.7. The number of fused-ring (bicyclic) bond motifs is 1. The van der Waals surface area contributed by atoms with Crippen LogP contribution < -0.4 is 5.32 Å². The minimum atomic E-state index is -0.498. The smallest absolute Gasteiger partial charge is 0.338 e. The van der Waals surface area contributed by atoms with Crippen LogP contribution in [-0.2, 0) is 9.53 Å². The van der Waals surface area contributed by atoms with Crippen LogP contribution in [0.3, 0.4) is 0 Å². The van der Waals surface area contributed by atoms with E-state index in [1.54, 1.807) is 18.2 Å². The summed E-state index contributed by atoms with van der Waals surface area (Å²) in [5.74, 6) is -0.570. The van der Waals surface area contributed by atoms with Crippen molar-refractivity contribution in [3.8, 4) is 0 Å². The highest BCUT2D eigenvalue weighted by Crippen LogP contribution is 2.35. The van der Waals surface area contributed by atoms with Gasteiger partial charge in [0.05, 0.1) is 16.5 Å². The van der Waals surface area contributed by atoms with E-state index < -0.39 is 5.97 Å². The Morgan fingerprint density at radius 3 is 3.00 bits per heavy atom. The van der Waals surface area contributed by atoms with E-state index in [0.29, 0.717) is 11.3 Å². The van der Waals surface area contributed by atoms with Gasteiger partial charge in [0.25, 0.3) is 0 Å². The number of esters is 1. The van der Waals surface area contributed by atoms with Gasteiger partial charge in [0.1, 0.15) is 6.61 Å². The zero-order chi connectivity index (χ0) is 14.0. The molecule has 1 N–H and O–H groups in total. The standard InChI is InChI=1S/C13H12ClNO3S/c1-7(14)6-18-13(17)9-3-4-11-10(5-9)15-12(16)8(2)19-11/h3-5,8H,1,6H2,2H3,(H,15,16)/t8-/m1/s1. The highest BCUT2D eigenvalue weighted by molar-refractivity contribution is 8.00. The monoisotopic (exact) mass is 297 g/mol. The molecule has 0 fully saturated rings. The number of amides is 1. The minimum absolute atomic E-state index is 0.0321. The number of carbonyl (C=O) groups excluding carboxylic acids is 2. The highest BCUT2D eigenvalue weighted by atomic mass is 35.5. The average molecular weight is 298 g/mol. The van der Waals surface area contributed by atoms with Gasteiger partial charge in [-0.15, -0.1) is 11.8 Å². The van der Waals surface area contributed by atoms with E-state index in [1.165, 1.54) is 11.8 Å². The fourth-order valence-corrected chi connectivity index (χ4v) is 2.55. The summed E-state index contributed by atoms with van der Waals surface area (Å²) in [6.07, 6.45) is 0. The molecule has 6 heteroatoms. The number of anilines is 1. The summed E-state index contributed by atoms with van der Waals surface area (Å²) >= 11 is 6.99. The molecule has 4 nitrogen and oxygen atoms in total. The molecule has 0 spiro atoms. The molecular weight excluding hydrogens is 286 g/mol.